The number of carbonyl (C=O) groups excluding carboxylic acids is 1. The van der Waals surface area contributed by atoms with Gasteiger partial charge in [0.25, 0.3) is 5.60 Å². The van der Waals surface area contributed by atoms with Gasteiger partial charge in [-0.3, -0.25) is 4.79 Å². The molecule has 1 saturated carbocycles. The minimum atomic E-state index is -5.86. The normalized spacial score (nSPS) is 29.0. The number of aliphatic hydroxyl groups is 1. The van der Waals surface area contributed by atoms with Gasteiger partial charge in [-0.1, -0.05) is 31.6 Å². The van der Waals surface area contributed by atoms with Crippen LogP contribution in [0.15, 0.2) is 23.8 Å². The molecule has 2 aliphatic rings. The molecule has 0 aliphatic heterocycles. The molecular formula is C18H22F6O2. The van der Waals surface area contributed by atoms with Crippen LogP contribution in [0.4, 0.5) is 26.3 Å². The molecule has 2 nitrogen and oxygen atoms in total. The molecule has 0 bridgehead atoms. The van der Waals surface area contributed by atoms with Crippen LogP contribution < -0.4 is 0 Å². The summed E-state index contributed by atoms with van der Waals surface area (Å²) < 4.78 is 76.1. The lowest BCUT2D eigenvalue weighted by Crippen LogP contribution is -2.55. The van der Waals surface area contributed by atoms with Gasteiger partial charge >= 0.3 is 12.4 Å². The molecule has 3 atom stereocenters. The molecule has 0 unspecified atom stereocenters. The van der Waals surface area contributed by atoms with Crippen LogP contribution in [0.2, 0.25) is 0 Å². The van der Waals surface area contributed by atoms with Crippen LogP contribution in [0.25, 0.3) is 0 Å². The van der Waals surface area contributed by atoms with Gasteiger partial charge in [-0.15, -0.1) is 0 Å². The summed E-state index contributed by atoms with van der Waals surface area (Å²) in [6.45, 7) is 3.65. The van der Waals surface area contributed by atoms with E-state index in [1.807, 2.05) is 13.0 Å². The molecule has 1 N–H and O–H groups in total. The lowest BCUT2D eigenvalue weighted by Gasteiger charge is -2.40. The van der Waals surface area contributed by atoms with E-state index in [4.69, 9.17) is 5.11 Å². The van der Waals surface area contributed by atoms with Gasteiger partial charge in [-0.2, -0.15) is 26.3 Å². The third-order valence-corrected chi connectivity index (χ3v) is 5.75. The summed E-state index contributed by atoms with van der Waals surface area (Å²) >= 11 is 0. The fraction of sp³-hybridized carbons (Fsp3) is 0.722. The number of ketones is 1. The molecule has 1 fully saturated rings. The summed E-state index contributed by atoms with van der Waals surface area (Å²) in [5.74, 6) is -0.311. The highest BCUT2D eigenvalue weighted by Crippen LogP contribution is 2.54. The van der Waals surface area contributed by atoms with Crippen molar-refractivity contribution in [1.29, 1.82) is 0 Å². The first-order valence-electron chi connectivity index (χ1n) is 8.51. The minimum Gasteiger partial charge on any atom is -0.370 e. The Kier molecular flexibility index (Phi) is 5.40. The Labute approximate surface area is 148 Å². The Morgan fingerprint density at radius 2 is 1.85 bits per heavy atom. The summed E-state index contributed by atoms with van der Waals surface area (Å²) in [6, 6.07) is 0. The van der Waals surface area contributed by atoms with Crippen LogP contribution >= 0.6 is 0 Å². The van der Waals surface area contributed by atoms with Crippen molar-refractivity contribution in [3.8, 4) is 0 Å². The van der Waals surface area contributed by atoms with Gasteiger partial charge in [0.15, 0.2) is 0 Å². The number of hydrogen-bond acceptors (Lipinski definition) is 2. The first kappa shape index (κ1) is 21.0. The molecule has 0 aromatic rings. The fourth-order valence-electron chi connectivity index (χ4n) is 4.23. The Hall–Kier alpha value is -1.31. The average molecular weight is 384 g/mol. The smallest absolute Gasteiger partial charge is 0.370 e. The van der Waals surface area contributed by atoms with Crippen molar-refractivity contribution in [1.82, 2.24) is 0 Å². The van der Waals surface area contributed by atoms with E-state index in [0.717, 1.165) is 24.5 Å². The highest BCUT2D eigenvalue weighted by atomic mass is 19.4. The molecule has 8 heteroatoms. The molecule has 148 valence electrons. The van der Waals surface area contributed by atoms with Crippen molar-refractivity contribution in [2.45, 2.75) is 63.9 Å². The summed E-state index contributed by atoms with van der Waals surface area (Å²) in [6.07, 6.45) is -6.81. The Morgan fingerprint density at radius 1 is 1.27 bits per heavy atom. The summed E-state index contributed by atoms with van der Waals surface area (Å²) in [5, 5.41) is 9.14. The summed E-state index contributed by atoms with van der Waals surface area (Å²) in [5.41, 5.74) is -4.34. The molecular weight excluding hydrogens is 362 g/mol. The lowest BCUT2D eigenvalue weighted by molar-refractivity contribution is -0.347. The fourth-order valence-corrected chi connectivity index (χ4v) is 4.23. The second kappa shape index (κ2) is 6.69. The van der Waals surface area contributed by atoms with Crippen LogP contribution in [0.1, 0.15) is 46.0 Å². The number of hydrogen-bond donors (Lipinski definition) is 1. The van der Waals surface area contributed by atoms with Gasteiger partial charge in [0, 0.05) is 12.3 Å². The van der Waals surface area contributed by atoms with Gasteiger partial charge in [0.05, 0.1) is 0 Å². The standard InChI is InChI=1S/C18H22F6O2/c1-11(5-3-10-16(26,17(19,20)21)18(22,23)24)12-7-8-13-14(25)6-4-9-15(12,13)2/h3,7,10-11,13,26H,4-6,8-9H2,1-2H3/t11-,13+,15-/m1/s1. The third kappa shape index (κ3) is 3.44. The highest BCUT2D eigenvalue weighted by Gasteiger charge is 2.68. The van der Waals surface area contributed by atoms with Crippen LogP contribution in [0.3, 0.4) is 0 Å². The number of alkyl halides is 6. The zero-order valence-electron chi connectivity index (χ0n) is 14.5. The first-order valence-corrected chi connectivity index (χ1v) is 8.51. The van der Waals surface area contributed by atoms with E-state index in [9.17, 15) is 31.1 Å². The molecule has 0 heterocycles. The SMILES string of the molecule is C[C@H](CC=CC(O)(C(F)(F)F)C(F)(F)F)C1=CC[C@H]2C(=O)CCC[C@]12C. The second-order valence-corrected chi connectivity index (χ2v) is 7.49. The number of rotatable bonds is 4. The molecule has 0 radical (unpaired) electrons. The van der Waals surface area contributed by atoms with Crippen molar-refractivity contribution >= 4 is 5.78 Å². The van der Waals surface area contributed by atoms with Crippen molar-refractivity contribution in [2.75, 3.05) is 0 Å². The van der Waals surface area contributed by atoms with E-state index in [-0.39, 0.29) is 35.5 Å². The number of fused-ring (bicyclic) bond motifs is 1. The molecule has 0 aromatic carbocycles. The molecule has 0 saturated heterocycles. The zero-order chi connectivity index (χ0) is 20.0. The van der Waals surface area contributed by atoms with E-state index < -0.39 is 18.0 Å². The van der Waals surface area contributed by atoms with E-state index in [1.54, 1.807) is 6.92 Å². The van der Waals surface area contributed by atoms with E-state index >= 15 is 0 Å². The number of halogens is 6. The maximum absolute atomic E-state index is 12.7. The molecule has 26 heavy (non-hydrogen) atoms. The maximum atomic E-state index is 12.7. The molecule has 0 aromatic heterocycles. The van der Waals surface area contributed by atoms with Crippen LogP contribution in [-0.2, 0) is 4.79 Å². The first-order chi connectivity index (χ1) is 11.7. The number of Topliss-reactive ketones (excluding diaryl/α,β-unsaturated/α-hetero) is 1. The predicted molar refractivity (Wildman–Crippen MR) is 83.1 cm³/mol. The summed E-state index contributed by atoms with van der Waals surface area (Å²) in [7, 11) is 0. The van der Waals surface area contributed by atoms with Crippen LogP contribution in [0, 0.1) is 17.3 Å². The van der Waals surface area contributed by atoms with Gasteiger partial charge < -0.3 is 5.11 Å². The quantitative estimate of drug-likeness (QED) is 0.539. The monoisotopic (exact) mass is 384 g/mol. The molecule has 2 rings (SSSR count). The van der Waals surface area contributed by atoms with E-state index in [1.165, 1.54) is 0 Å². The zero-order valence-corrected chi connectivity index (χ0v) is 14.5. The Bertz CT molecular complexity index is 602. The van der Waals surface area contributed by atoms with Crippen molar-refractivity contribution in [3.05, 3.63) is 23.8 Å². The van der Waals surface area contributed by atoms with Crippen LogP contribution in [0.5, 0.6) is 0 Å². The molecule has 0 spiro atoms. The average Bonchev–Trinajstić information content (AvgIpc) is 2.83. The molecule has 2 aliphatic carbocycles. The van der Waals surface area contributed by atoms with Crippen molar-refractivity contribution < 1.29 is 36.2 Å². The minimum absolute atomic E-state index is 0.0865. The van der Waals surface area contributed by atoms with Gasteiger partial charge in [0.2, 0.25) is 0 Å². The van der Waals surface area contributed by atoms with Gasteiger partial charge in [-0.25, -0.2) is 0 Å². The number of allylic oxidation sites excluding steroid dienone is 3. The predicted octanol–water partition coefficient (Wildman–Crippen LogP) is 5.13. The topological polar surface area (TPSA) is 37.3 Å². The van der Waals surface area contributed by atoms with Gasteiger partial charge in [-0.05, 0) is 43.1 Å². The van der Waals surface area contributed by atoms with E-state index in [0.29, 0.717) is 12.8 Å². The number of carbonyl (C=O) groups is 1. The van der Waals surface area contributed by atoms with E-state index in [2.05, 4.69) is 0 Å². The third-order valence-electron chi connectivity index (χ3n) is 5.75. The van der Waals surface area contributed by atoms with Crippen LogP contribution in [-0.4, -0.2) is 28.8 Å². The van der Waals surface area contributed by atoms with Crippen molar-refractivity contribution in [2.24, 2.45) is 17.3 Å². The second-order valence-electron chi connectivity index (χ2n) is 7.49. The Morgan fingerprint density at radius 3 is 2.38 bits per heavy atom. The lowest BCUT2D eigenvalue weighted by atomic mass is 9.63. The Balaban J connectivity index is 2.14. The maximum Gasteiger partial charge on any atom is 0.429 e. The van der Waals surface area contributed by atoms with Gasteiger partial charge in [0.1, 0.15) is 5.78 Å². The highest BCUT2D eigenvalue weighted by molar-refractivity contribution is 5.84. The molecule has 0 amide bonds. The van der Waals surface area contributed by atoms with Crippen molar-refractivity contribution in [3.63, 3.8) is 0 Å². The largest absolute Gasteiger partial charge is 0.429 e. The summed E-state index contributed by atoms with van der Waals surface area (Å²) in [4.78, 5) is 12.1.